The molecular formula is C20H22N2O2. The van der Waals surface area contributed by atoms with Crippen LogP contribution in [-0.2, 0) is 29.0 Å². The molecule has 0 atom stereocenters. The summed E-state index contributed by atoms with van der Waals surface area (Å²) in [6.45, 7) is 3.49. The summed E-state index contributed by atoms with van der Waals surface area (Å²) in [5.74, 6) is -0.0250. The van der Waals surface area contributed by atoms with Crippen LogP contribution in [0.4, 0.5) is 0 Å². The first-order chi connectivity index (χ1) is 11.8. The van der Waals surface area contributed by atoms with Crippen molar-refractivity contribution in [3.8, 4) is 0 Å². The van der Waals surface area contributed by atoms with Crippen molar-refractivity contribution in [1.82, 2.24) is 4.90 Å². The van der Waals surface area contributed by atoms with Crippen LogP contribution in [-0.4, -0.2) is 30.2 Å². The van der Waals surface area contributed by atoms with Gasteiger partial charge in [0.2, 0.25) is 0 Å². The van der Waals surface area contributed by atoms with E-state index in [0.29, 0.717) is 6.54 Å². The summed E-state index contributed by atoms with van der Waals surface area (Å²) in [6, 6.07) is 16.4. The van der Waals surface area contributed by atoms with E-state index in [1.165, 1.54) is 16.7 Å². The number of hydrogen-bond acceptors (Lipinski definition) is 3. The van der Waals surface area contributed by atoms with Crippen molar-refractivity contribution in [2.45, 2.75) is 26.3 Å². The molecule has 3 rings (SSSR count). The van der Waals surface area contributed by atoms with E-state index in [4.69, 9.17) is 4.84 Å². The molecule has 4 heteroatoms. The van der Waals surface area contributed by atoms with E-state index in [-0.39, 0.29) is 12.5 Å². The first kappa shape index (κ1) is 16.2. The lowest BCUT2D eigenvalue weighted by molar-refractivity contribution is -0.137. The fourth-order valence-electron chi connectivity index (χ4n) is 2.83. The summed E-state index contributed by atoms with van der Waals surface area (Å²) in [4.78, 5) is 19.2. The van der Waals surface area contributed by atoms with E-state index in [1.807, 2.05) is 29.2 Å². The molecule has 1 heterocycles. The average molecular weight is 322 g/mol. The van der Waals surface area contributed by atoms with Crippen LogP contribution in [0.3, 0.4) is 0 Å². The van der Waals surface area contributed by atoms with Crippen LogP contribution in [0.5, 0.6) is 0 Å². The minimum Gasteiger partial charge on any atom is -0.386 e. The van der Waals surface area contributed by atoms with Gasteiger partial charge in [-0.25, -0.2) is 0 Å². The van der Waals surface area contributed by atoms with Gasteiger partial charge in [-0.2, -0.15) is 0 Å². The van der Waals surface area contributed by atoms with Gasteiger partial charge in [-0.15, -0.1) is 0 Å². The molecule has 2 aromatic carbocycles. The molecule has 0 aromatic heterocycles. The number of rotatable bonds is 5. The Morgan fingerprint density at radius 1 is 1.17 bits per heavy atom. The standard InChI is InChI=1S/C20H22N2O2/c1-2-16-7-9-17(10-8-16)13-21-24-15-20(23)22-12-11-18-5-3-4-6-19(18)14-22/h3-10,13H,2,11-12,14-15H2,1H3/b21-13-. The maximum absolute atomic E-state index is 12.2. The third-order valence-corrected chi connectivity index (χ3v) is 4.34. The molecule has 0 saturated heterocycles. The number of oxime groups is 1. The molecule has 1 aliphatic rings. The zero-order valence-corrected chi connectivity index (χ0v) is 13.9. The van der Waals surface area contributed by atoms with Gasteiger partial charge in [0, 0.05) is 13.1 Å². The first-order valence-corrected chi connectivity index (χ1v) is 8.35. The molecule has 0 unspecified atom stereocenters. The number of fused-ring (bicyclic) bond motifs is 1. The topological polar surface area (TPSA) is 41.9 Å². The third kappa shape index (κ3) is 4.02. The molecule has 0 spiro atoms. The predicted octanol–water partition coefficient (Wildman–Crippen LogP) is 3.18. The van der Waals surface area contributed by atoms with Crippen molar-refractivity contribution < 1.29 is 9.63 Å². The smallest absolute Gasteiger partial charge is 0.263 e. The number of aryl methyl sites for hydroxylation is 1. The van der Waals surface area contributed by atoms with Gasteiger partial charge in [0.05, 0.1) is 6.21 Å². The Bertz CT molecular complexity index is 723. The Hall–Kier alpha value is -2.62. The number of nitrogens with zero attached hydrogens (tertiary/aromatic N) is 2. The summed E-state index contributed by atoms with van der Waals surface area (Å²) in [5, 5.41) is 3.90. The molecule has 0 saturated carbocycles. The van der Waals surface area contributed by atoms with E-state index in [2.05, 4.69) is 36.3 Å². The second-order valence-corrected chi connectivity index (χ2v) is 5.94. The quantitative estimate of drug-likeness (QED) is 0.627. The summed E-state index contributed by atoms with van der Waals surface area (Å²) in [6.07, 6.45) is 3.55. The lowest BCUT2D eigenvalue weighted by Crippen LogP contribution is -2.37. The fraction of sp³-hybridized carbons (Fsp3) is 0.300. The van der Waals surface area contributed by atoms with Gasteiger partial charge in [-0.3, -0.25) is 4.79 Å². The van der Waals surface area contributed by atoms with Crippen molar-refractivity contribution in [2.75, 3.05) is 13.2 Å². The minimum absolute atomic E-state index is 0.0221. The third-order valence-electron chi connectivity index (χ3n) is 4.34. The van der Waals surface area contributed by atoms with Crippen molar-refractivity contribution in [2.24, 2.45) is 5.16 Å². The molecule has 0 aliphatic carbocycles. The van der Waals surface area contributed by atoms with E-state index < -0.39 is 0 Å². The number of carbonyl (C=O) groups is 1. The van der Waals surface area contributed by atoms with E-state index >= 15 is 0 Å². The largest absolute Gasteiger partial charge is 0.386 e. The summed E-state index contributed by atoms with van der Waals surface area (Å²) in [5.41, 5.74) is 4.80. The highest BCUT2D eigenvalue weighted by atomic mass is 16.6. The SMILES string of the molecule is CCc1ccc(/C=N\OCC(=O)N2CCc3ccccc3C2)cc1. The Labute approximate surface area is 142 Å². The van der Waals surface area contributed by atoms with Crippen LogP contribution in [0.15, 0.2) is 53.7 Å². The van der Waals surface area contributed by atoms with Gasteiger partial charge in [-0.05, 0) is 35.1 Å². The molecule has 0 bridgehead atoms. The van der Waals surface area contributed by atoms with E-state index in [1.54, 1.807) is 6.21 Å². The summed E-state index contributed by atoms with van der Waals surface area (Å²) < 4.78 is 0. The number of benzene rings is 2. The van der Waals surface area contributed by atoms with Crippen LogP contribution < -0.4 is 0 Å². The predicted molar refractivity (Wildman–Crippen MR) is 94.9 cm³/mol. The molecule has 0 N–H and O–H groups in total. The Morgan fingerprint density at radius 2 is 1.92 bits per heavy atom. The highest BCUT2D eigenvalue weighted by Crippen LogP contribution is 2.18. The van der Waals surface area contributed by atoms with Crippen molar-refractivity contribution in [3.05, 3.63) is 70.8 Å². The van der Waals surface area contributed by atoms with Gasteiger partial charge >= 0.3 is 0 Å². The van der Waals surface area contributed by atoms with Gasteiger partial charge in [-0.1, -0.05) is 60.6 Å². The highest BCUT2D eigenvalue weighted by molar-refractivity contribution is 5.80. The van der Waals surface area contributed by atoms with Crippen molar-refractivity contribution >= 4 is 12.1 Å². The first-order valence-electron chi connectivity index (χ1n) is 8.35. The second-order valence-electron chi connectivity index (χ2n) is 5.94. The van der Waals surface area contributed by atoms with Crippen LogP contribution in [0, 0.1) is 0 Å². The molecule has 24 heavy (non-hydrogen) atoms. The Kier molecular flexibility index (Phi) is 5.26. The zero-order chi connectivity index (χ0) is 16.8. The Balaban J connectivity index is 1.48. The van der Waals surface area contributed by atoms with Gasteiger partial charge in [0.25, 0.3) is 5.91 Å². The molecule has 4 nitrogen and oxygen atoms in total. The average Bonchev–Trinajstić information content (AvgIpc) is 2.65. The lowest BCUT2D eigenvalue weighted by Gasteiger charge is -2.28. The monoisotopic (exact) mass is 322 g/mol. The zero-order valence-electron chi connectivity index (χ0n) is 13.9. The highest BCUT2D eigenvalue weighted by Gasteiger charge is 2.20. The van der Waals surface area contributed by atoms with Crippen LogP contribution >= 0.6 is 0 Å². The van der Waals surface area contributed by atoms with Crippen molar-refractivity contribution in [3.63, 3.8) is 0 Å². The number of hydrogen-bond donors (Lipinski definition) is 0. The van der Waals surface area contributed by atoms with Crippen molar-refractivity contribution in [1.29, 1.82) is 0 Å². The maximum atomic E-state index is 12.2. The van der Waals surface area contributed by atoms with Gasteiger partial charge in [0.15, 0.2) is 6.61 Å². The molecule has 124 valence electrons. The fourth-order valence-corrected chi connectivity index (χ4v) is 2.83. The van der Waals surface area contributed by atoms with Crippen LogP contribution in [0.2, 0.25) is 0 Å². The molecule has 1 amide bonds. The lowest BCUT2D eigenvalue weighted by atomic mass is 10.00. The number of amides is 1. The number of carbonyl (C=O) groups excluding carboxylic acids is 1. The van der Waals surface area contributed by atoms with E-state index in [0.717, 1.165) is 24.9 Å². The molecular weight excluding hydrogens is 300 g/mol. The normalized spacial score (nSPS) is 13.8. The summed E-state index contributed by atoms with van der Waals surface area (Å²) >= 11 is 0. The van der Waals surface area contributed by atoms with Crippen LogP contribution in [0.1, 0.15) is 29.2 Å². The minimum atomic E-state index is -0.0250. The Morgan fingerprint density at radius 3 is 2.67 bits per heavy atom. The molecule has 1 aliphatic heterocycles. The molecule has 0 radical (unpaired) electrons. The van der Waals surface area contributed by atoms with Gasteiger partial charge in [0.1, 0.15) is 0 Å². The molecule has 0 fully saturated rings. The second kappa shape index (κ2) is 7.77. The van der Waals surface area contributed by atoms with Crippen LogP contribution in [0.25, 0.3) is 0 Å². The van der Waals surface area contributed by atoms with E-state index in [9.17, 15) is 4.79 Å². The molecule has 2 aromatic rings. The maximum Gasteiger partial charge on any atom is 0.263 e. The summed E-state index contributed by atoms with van der Waals surface area (Å²) in [7, 11) is 0. The van der Waals surface area contributed by atoms with Gasteiger partial charge < -0.3 is 9.74 Å².